The van der Waals surface area contributed by atoms with E-state index >= 15 is 0 Å². The second-order valence-electron chi connectivity index (χ2n) is 5.70. The molecule has 4 nitrogen and oxygen atoms in total. The molecule has 0 aromatic rings. The lowest BCUT2D eigenvalue weighted by molar-refractivity contribution is -0.534. The van der Waals surface area contributed by atoms with Crippen molar-refractivity contribution in [3.05, 3.63) is 11.1 Å². The van der Waals surface area contributed by atoms with E-state index in [-0.39, 0.29) is 5.41 Å². The average Bonchev–Trinajstić information content (AvgIpc) is 2.81. The van der Waals surface area contributed by atoms with Crippen LogP contribution in [0.2, 0.25) is 0 Å². The summed E-state index contributed by atoms with van der Waals surface area (Å²) < 4.78 is 22.8. The van der Waals surface area contributed by atoms with Crippen LogP contribution in [0.1, 0.15) is 46.0 Å². The summed E-state index contributed by atoms with van der Waals surface area (Å²) in [6.45, 7) is 7.06. The van der Waals surface area contributed by atoms with Gasteiger partial charge >= 0.3 is 6.16 Å². The maximum atomic E-state index is 5.87. The molecular weight excluding hydrogens is 244 g/mol. The Balaban J connectivity index is 1.74. The molecule has 0 unspecified atom stereocenters. The molecule has 0 atom stereocenters. The minimum Gasteiger partial charge on any atom is -0.303 e. The Morgan fingerprint density at radius 1 is 0.947 bits per heavy atom. The second kappa shape index (κ2) is 5.17. The number of hydrogen-bond donors (Lipinski definition) is 0. The first-order chi connectivity index (χ1) is 9.24. The largest absolute Gasteiger partial charge is 0.412 e. The van der Waals surface area contributed by atoms with Gasteiger partial charge in [0.1, 0.15) is 0 Å². The molecule has 2 fully saturated rings. The Morgan fingerprint density at radius 2 is 1.63 bits per heavy atom. The molecule has 0 aromatic heterocycles. The van der Waals surface area contributed by atoms with E-state index in [2.05, 4.69) is 13.8 Å². The van der Waals surface area contributed by atoms with Gasteiger partial charge < -0.3 is 18.9 Å². The molecule has 19 heavy (non-hydrogen) atoms. The smallest absolute Gasteiger partial charge is 0.303 e. The van der Waals surface area contributed by atoms with Gasteiger partial charge in [-0.05, 0) is 32.1 Å². The van der Waals surface area contributed by atoms with Crippen molar-refractivity contribution >= 4 is 0 Å². The van der Waals surface area contributed by atoms with Crippen molar-refractivity contribution in [2.75, 3.05) is 26.4 Å². The molecule has 1 aliphatic carbocycles. The maximum absolute atomic E-state index is 5.87. The van der Waals surface area contributed by atoms with Gasteiger partial charge in [0, 0.05) is 5.41 Å². The molecule has 2 heterocycles. The molecule has 0 aromatic carbocycles. The van der Waals surface area contributed by atoms with Gasteiger partial charge in [-0.2, -0.15) is 0 Å². The van der Waals surface area contributed by atoms with Crippen molar-refractivity contribution in [1.82, 2.24) is 0 Å². The highest BCUT2D eigenvalue weighted by molar-refractivity contribution is 5.29. The molecule has 4 heteroatoms. The standard InChI is InChI=1S/C15H24O4/c1-3-12-6-7-14(13(12)4-2)10-18-15(19-11-14)16-8-5-9-17-15/h3-11H2,1-2H3. The van der Waals surface area contributed by atoms with E-state index in [0.29, 0.717) is 26.4 Å². The molecule has 2 saturated heterocycles. The van der Waals surface area contributed by atoms with Crippen LogP contribution in [-0.4, -0.2) is 32.6 Å². The highest BCUT2D eigenvalue weighted by Gasteiger charge is 2.51. The summed E-state index contributed by atoms with van der Waals surface area (Å²) in [5, 5.41) is 0. The molecule has 0 bridgehead atoms. The molecule has 0 radical (unpaired) electrons. The summed E-state index contributed by atoms with van der Waals surface area (Å²) in [6.07, 6.45) is 4.24. The number of ether oxygens (including phenoxy) is 4. The lowest BCUT2D eigenvalue weighted by atomic mass is 9.80. The van der Waals surface area contributed by atoms with Crippen molar-refractivity contribution in [2.24, 2.45) is 5.41 Å². The highest BCUT2D eigenvalue weighted by atomic mass is 17.0. The first-order valence-electron chi connectivity index (χ1n) is 7.51. The number of rotatable bonds is 2. The molecular formula is C15H24O4. The molecule has 0 saturated carbocycles. The average molecular weight is 268 g/mol. The monoisotopic (exact) mass is 268 g/mol. The summed E-state index contributed by atoms with van der Waals surface area (Å²) in [4.78, 5) is 0. The molecule has 0 amide bonds. The van der Waals surface area contributed by atoms with E-state index in [4.69, 9.17) is 18.9 Å². The third-order valence-electron chi connectivity index (χ3n) is 4.65. The first kappa shape index (κ1) is 13.6. The Kier molecular flexibility index (Phi) is 3.69. The summed E-state index contributed by atoms with van der Waals surface area (Å²) in [7, 11) is 0. The van der Waals surface area contributed by atoms with Gasteiger partial charge in [0.25, 0.3) is 0 Å². The molecule has 2 spiro atoms. The van der Waals surface area contributed by atoms with Crippen molar-refractivity contribution in [1.29, 1.82) is 0 Å². The van der Waals surface area contributed by atoms with E-state index in [9.17, 15) is 0 Å². The van der Waals surface area contributed by atoms with Gasteiger partial charge in [-0.3, -0.25) is 0 Å². The number of hydrogen-bond acceptors (Lipinski definition) is 4. The first-order valence-corrected chi connectivity index (χ1v) is 7.51. The zero-order valence-corrected chi connectivity index (χ0v) is 12.0. The maximum Gasteiger partial charge on any atom is 0.412 e. The van der Waals surface area contributed by atoms with Crippen molar-refractivity contribution in [3.63, 3.8) is 0 Å². The second-order valence-corrected chi connectivity index (χ2v) is 5.70. The van der Waals surface area contributed by atoms with Gasteiger partial charge in [0.15, 0.2) is 0 Å². The summed E-state index contributed by atoms with van der Waals surface area (Å²) >= 11 is 0. The van der Waals surface area contributed by atoms with Crippen LogP contribution in [0.25, 0.3) is 0 Å². The minimum absolute atomic E-state index is 0.0650. The van der Waals surface area contributed by atoms with Crippen LogP contribution in [0.4, 0.5) is 0 Å². The molecule has 0 N–H and O–H groups in total. The fourth-order valence-corrected chi connectivity index (χ4v) is 3.60. The van der Waals surface area contributed by atoms with E-state index in [0.717, 1.165) is 25.7 Å². The minimum atomic E-state index is -1.21. The van der Waals surface area contributed by atoms with E-state index in [1.54, 1.807) is 11.1 Å². The van der Waals surface area contributed by atoms with Crippen molar-refractivity contribution in [2.45, 2.75) is 52.1 Å². The Bertz CT molecular complexity index is 358. The van der Waals surface area contributed by atoms with Gasteiger partial charge in [-0.25, -0.2) is 0 Å². The van der Waals surface area contributed by atoms with Crippen LogP contribution in [0.3, 0.4) is 0 Å². The topological polar surface area (TPSA) is 36.9 Å². The third kappa shape index (κ3) is 2.25. The Hall–Kier alpha value is -0.420. The normalized spacial score (nSPS) is 29.4. The Morgan fingerprint density at radius 3 is 2.21 bits per heavy atom. The third-order valence-corrected chi connectivity index (χ3v) is 4.65. The molecule has 108 valence electrons. The van der Waals surface area contributed by atoms with Crippen LogP contribution in [-0.2, 0) is 18.9 Å². The fourth-order valence-electron chi connectivity index (χ4n) is 3.60. The quantitative estimate of drug-likeness (QED) is 0.721. The van der Waals surface area contributed by atoms with Crippen LogP contribution in [0.5, 0.6) is 0 Å². The van der Waals surface area contributed by atoms with Crippen LogP contribution in [0.15, 0.2) is 11.1 Å². The van der Waals surface area contributed by atoms with E-state index < -0.39 is 6.16 Å². The van der Waals surface area contributed by atoms with Crippen LogP contribution in [0, 0.1) is 5.41 Å². The summed E-state index contributed by atoms with van der Waals surface area (Å²) in [6, 6.07) is 0. The Labute approximate surface area is 115 Å². The predicted octanol–water partition coefficient (Wildman–Crippen LogP) is 2.98. The molecule has 3 rings (SSSR count). The van der Waals surface area contributed by atoms with Crippen molar-refractivity contribution in [3.8, 4) is 0 Å². The molecule has 3 aliphatic rings. The van der Waals surface area contributed by atoms with Gasteiger partial charge in [-0.1, -0.05) is 25.0 Å². The number of allylic oxidation sites excluding steroid dienone is 1. The SMILES string of the molecule is CCC1=C(CC)C2(CC1)COC1(OCCCO1)OC2. The van der Waals surface area contributed by atoms with Gasteiger partial charge in [-0.15, -0.1) is 0 Å². The fraction of sp³-hybridized carbons (Fsp3) is 0.867. The van der Waals surface area contributed by atoms with E-state index in [1.165, 1.54) is 6.42 Å². The van der Waals surface area contributed by atoms with Crippen LogP contribution < -0.4 is 0 Å². The zero-order chi connectivity index (χ0) is 13.3. The summed E-state index contributed by atoms with van der Waals surface area (Å²) in [5.74, 6) is 0. The summed E-state index contributed by atoms with van der Waals surface area (Å²) in [5.41, 5.74) is 3.20. The van der Waals surface area contributed by atoms with Crippen LogP contribution >= 0.6 is 0 Å². The lowest BCUT2D eigenvalue weighted by Crippen LogP contribution is -2.54. The highest BCUT2D eigenvalue weighted by Crippen LogP contribution is 2.49. The molecule has 2 aliphatic heterocycles. The van der Waals surface area contributed by atoms with Gasteiger partial charge in [0.2, 0.25) is 0 Å². The van der Waals surface area contributed by atoms with Crippen molar-refractivity contribution < 1.29 is 18.9 Å². The predicted molar refractivity (Wildman–Crippen MR) is 70.4 cm³/mol. The zero-order valence-electron chi connectivity index (χ0n) is 12.0. The van der Waals surface area contributed by atoms with E-state index in [1.807, 2.05) is 0 Å². The van der Waals surface area contributed by atoms with Gasteiger partial charge in [0.05, 0.1) is 26.4 Å². The lowest BCUT2D eigenvalue weighted by Gasteiger charge is -2.45.